The third kappa shape index (κ3) is 6.93. The van der Waals surface area contributed by atoms with E-state index in [1.54, 1.807) is 39.0 Å². The lowest BCUT2D eigenvalue weighted by Crippen LogP contribution is -2.52. The summed E-state index contributed by atoms with van der Waals surface area (Å²) in [6, 6.07) is 12.0. The molecule has 3 aromatic heterocycles. The molecular weight excluding hydrogens is 589 g/mol. The van der Waals surface area contributed by atoms with Gasteiger partial charge in [-0.1, -0.05) is 19.3 Å². The average molecular weight is 628 g/mol. The van der Waals surface area contributed by atoms with Crippen molar-refractivity contribution >= 4 is 40.6 Å². The maximum Gasteiger partial charge on any atom is 0.328 e. The van der Waals surface area contributed by atoms with Crippen molar-refractivity contribution in [2.75, 3.05) is 11.9 Å². The highest BCUT2D eigenvalue weighted by Crippen LogP contribution is 2.40. The number of anilines is 1. The number of halogens is 1. The summed E-state index contributed by atoms with van der Waals surface area (Å²) < 4.78 is 21.6. The minimum atomic E-state index is -1.33. The molecule has 46 heavy (non-hydrogen) atoms. The lowest BCUT2D eigenvalue weighted by Gasteiger charge is -2.27. The van der Waals surface area contributed by atoms with E-state index < -0.39 is 29.1 Å². The second-order valence-corrected chi connectivity index (χ2v) is 12.0. The van der Waals surface area contributed by atoms with Gasteiger partial charge in [0, 0.05) is 34.1 Å². The van der Waals surface area contributed by atoms with Crippen LogP contribution in [0.1, 0.15) is 80.4 Å². The summed E-state index contributed by atoms with van der Waals surface area (Å²) in [5.74, 6) is -2.09. The van der Waals surface area contributed by atoms with Crippen LogP contribution in [0.15, 0.2) is 54.7 Å². The largest absolute Gasteiger partial charge is 0.478 e. The van der Waals surface area contributed by atoms with Crippen LogP contribution in [0.3, 0.4) is 0 Å². The molecule has 240 valence electrons. The molecule has 1 aliphatic rings. The van der Waals surface area contributed by atoms with Gasteiger partial charge in [-0.25, -0.2) is 9.18 Å². The maximum atomic E-state index is 13.8. The van der Waals surface area contributed by atoms with Crippen LogP contribution in [-0.4, -0.2) is 49.6 Å². The second kappa shape index (κ2) is 13.5. The third-order valence-corrected chi connectivity index (χ3v) is 8.24. The molecule has 1 aliphatic carbocycles. The van der Waals surface area contributed by atoms with Crippen molar-refractivity contribution in [3.63, 3.8) is 0 Å². The molecule has 1 saturated carbocycles. The van der Waals surface area contributed by atoms with Gasteiger partial charge in [-0.05, 0) is 94.6 Å². The van der Waals surface area contributed by atoms with E-state index >= 15 is 0 Å². The van der Waals surface area contributed by atoms with Gasteiger partial charge in [-0.3, -0.25) is 14.6 Å². The number of carboxylic acids is 1. The summed E-state index contributed by atoms with van der Waals surface area (Å²) in [4.78, 5) is 46.5. The number of aryl methyl sites for hydroxylation is 1. The fourth-order valence-corrected chi connectivity index (χ4v) is 5.91. The number of amides is 2. The van der Waals surface area contributed by atoms with Gasteiger partial charge in [-0.15, -0.1) is 0 Å². The summed E-state index contributed by atoms with van der Waals surface area (Å²) in [6.07, 6.45) is 9.08. The number of pyridine rings is 2. The number of nitrogens with zero attached hydrogens (tertiary/aromatic N) is 3. The number of nitrogens with one attached hydrogen (secondary N) is 2. The molecule has 3 N–H and O–H groups in total. The molecule has 0 unspecified atom stereocenters. The van der Waals surface area contributed by atoms with Gasteiger partial charge >= 0.3 is 5.97 Å². The number of aliphatic carboxylic acids is 1. The number of hydrogen-bond donors (Lipinski definition) is 3. The molecule has 4 aromatic rings. The summed E-state index contributed by atoms with van der Waals surface area (Å²) in [5, 5.41) is 15.4. The van der Waals surface area contributed by atoms with E-state index in [1.165, 1.54) is 30.8 Å². The van der Waals surface area contributed by atoms with Crippen molar-refractivity contribution < 1.29 is 28.6 Å². The minimum Gasteiger partial charge on any atom is -0.478 e. The molecule has 0 bridgehead atoms. The standard InChI is InChI=1S/C35H38FN5O5/c1-5-46-33-22(13-18-30(42)43)12-17-29(38-33)39-34(45)35(3,4)40-32(44)23-11-16-28-26(19-23)21(2)31(27-15-14-24(36)20-37-27)41(28)25-9-7-6-8-10-25/h11-20,25H,5-10H2,1-4H3,(H,40,44)(H,42,43)(H,38,39,45)/b18-13+. The number of aromatic nitrogens is 3. The van der Waals surface area contributed by atoms with E-state index in [0.717, 1.165) is 53.9 Å². The Kier molecular flexibility index (Phi) is 9.50. The van der Waals surface area contributed by atoms with Crippen molar-refractivity contribution in [2.45, 2.75) is 71.4 Å². The summed E-state index contributed by atoms with van der Waals surface area (Å²) in [7, 11) is 0. The van der Waals surface area contributed by atoms with Crippen molar-refractivity contribution in [3.8, 4) is 17.3 Å². The molecule has 5 rings (SSSR count). The number of benzene rings is 1. The van der Waals surface area contributed by atoms with Gasteiger partial charge in [0.2, 0.25) is 5.88 Å². The van der Waals surface area contributed by atoms with E-state index in [2.05, 4.69) is 25.2 Å². The minimum absolute atomic E-state index is 0.165. The van der Waals surface area contributed by atoms with Gasteiger partial charge in [0.25, 0.3) is 11.8 Å². The number of hydrogen-bond acceptors (Lipinski definition) is 6. The molecule has 1 fully saturated rings. The molecule has 1 aromatic carbocycles. The Morgan fingerprint density at radius 2 is 1.87 bits per heavy atom. The Morgan fingerprint density at radius 1 is 1.11 bits per heavy atom. The number of carbonyl (C=O) groups excluding carboxylic acids is 2. The molecule has 0 aliphatic heterocycles. The highest BCUT2D eigenvalue weighted by molar-refractivity contribution is 6.05. The van der Waals surface area contributed by atoms with Crippen molar-refractivity contribution in [1.29, 1.82) is 0 Å². The highest BCUT2D eigenvalue weighted by Gasteiger charge is 2.31. The third-order valence-electron chi connectivity index (χ3n) is 8.24. The SMILES string of the molecule is CCOc1nc(NC(=O)C(C)(C)NC(=O)c2ccc3c(c2)c(C)c(-c2ccc(F)cn2)n3C2CCCCC2)ccc1/C=C/C(=O)O. The molecular formula is C35H38FN5O5. The first-order valence-electron chi connectivity index (χ1n) is 15.4. The van der Waals surface area contributed by atoms with Gasteiger partial charge in [0.15, 0.2) is 0 Å². The molecule has 11 heteroatoms. The topological polar surface area (TPSA) is 135 Å². The number of carbonyl (C=O) groups is 3. The summed E-state index contributed by atoms with van der Waals surface area (Å²) in [5.41, 5.74) is 3.03. The maximum absolute atomic E-state index is 13.8. The van der Waals surface area contributed by atoms with Crippen LogP contribution in [0.4, 0.5) is 10.2 Å². The average Bonchev–Trinajstić information content (AvgIpc) is 3.32. The predicted octanol–water partition coefficient (Wildman–Crippen LogP) is 6.69. The predicted molar refractivity (Wildman–Crippen MR) is 174 cm³/mol. The molecule has 0 radical (unpaired) electrons. The van der Waals surface area contributed by atoms with Crippen LogP contribution >= 0.6 is 0 Å². The highest BCUT2D eigenvalue weighted by atomic mass is 19.1. The molecule has 0 spiro atoms. The lowest BCUT2D eigenvalue weighted by molar-refractivity contribution is -0.131. The number of fused-ring (bicyclic) bond motifs is 1. The summed E-state index contributed by atoms with van der Waals surface area (Å²) >= 11 is 0. The normalized spacial score (nSPS) is 14.0. The van der Waals surface area contributed by atoms with Gasteiger partial charge in [-0.2, -0.15) is 4.98 Å². The Labute approximate surface area is 266 Å². The first-order chi connectivity index (χ1) is 22.0. The Hall–Kier alpha value is -5.06. The first kappa shape index (κ1) is 32.3. The molecule has 10 nitrogen and oxygen atoms in total. The monoisotopic (exact) mass is 627 g/mol. The van der Waals surface area contributed by atoms with Crippen LogP contribution in [0.5, 0.6) is 5.88 Å². The van der Waals surface area contributed by atoms with E-state index in [1.807, 2.05) is 19.1 Å². The van der Waals surface area contributed by atoms with Crippen LogP contribution in [-0.2, 0) is 9.59 Å². The Morgan fingerprint density at radius 3 is 2.54 bits per heavy atom. The number of rotatable bonds is 10. The quantitative estimate of drug-likeness (QED) is 0.167. The van der Waals surface area contributed by atoms with Crippen LogP contribution in [0.25, 0.3) is 28.4 Å². The zero-order valence-electron chi connectivity index (χ0n) is 26.4. The smallest absolute Gasteiger partial charge is 0.328 e. The number of carboxylic acid groups (broad SMARTS) is 1. The first-order valence-corrected chi connectivity index (χ1v) is 15.4. The van der Waals surface area contributed by atoms with Crippen molar-refractivity contribution in [2.24, 2.45) is 0 Å². The lowest BCUT2D eigenvalue weighted by atomic mass is 9.95. The number of ether oxygens (including phenoxy) is 1. The van der Waals surface area contributed by atoms with Gasteiger partial charge in [0.05, 0.1) is 24.2 Å². The molecule has 0 saturated heterocycles. The van der Waals surface area contributed by atoms with Crippen molar-refractivity contribution in [3.05, 3.63) is 77.2 Å². The van der Waals surface area contributed by atoms with E-state index in [-0.39, 0.29) is 24.3 Å². The Bertz CT molecular complexity index is 1810. The second-order valence-electron chi connectivity index (χ2n) is 12.0. The molecule has 0 atom stereocenters. The zero-order valence-corrected chi connectivity index (χ0v) is 26.4. The fraction of sp³-hybridized carbons (Fsp3) is 0.343. The van der Waals surface area contributed by atoms with Crippen LogP contribution < -0.4 is 15.4 Å². The van der Waals surface area contributed by atoms with E-state index in [4.69, 9.17) is 9.84 Å². The molecule has 3 heterocycles. The van der Waals surface area contributed by atoms with Crippen LogP contribution in [0, 0.1) is 12.7 Å². The fourth-order valence-electron chi connectivity index (χ4n) is 5.91. The Balaban J connectivity index is 1.40. The molecule has 2 amide bonds. The van der Waals surface area contributed by atoms with Crippen molar-refractivity contribution in [1.82, 2.24) is 19.9 Å². The van der Waals surface area contributed by atoms with Gasteiger partial charge < -0.3 is 25.0 Å². The van der Waals surface area contributed by atoms with Crippen LogP contribution in [0.2, 0.25) is 0 Å². The van der Waals surface area contributed by atoms with E-state index in [9.17, 15) is 18.8 Å². The van der Waals surface area contributed by atoms with E-state index in [0.29, 0.717) is 16.8 Å². The zero-order chi connectivity index (χ0) is 33.0. The van der Waals surface area contributed by atoms with Gasteiger partial charge in [0.1, 0.15) is 17.2 Å². The summed E-state index contributed by atoms with van der Waals surface area (Å²) in [6.45, 7) is 7.23.